The summed E-state index contributed by atoms with van der Waals surface area (Å²) in [6.07, 6.45) is 10.2. The van der Waals surface area contributed by atoms with E-state index in [1.165, 1.54) is 5.56 Å². The SMILES string of the molecule is CC(C)OC(=O)CCC/C=C/C[C@@H]1[C@@H](C=C[C@H](O)CCc2ccccc2)[C@H](O)C[C@@H]1O. The molecule has 0 amide bonds. The molecule has 2 rings (SSSR count). The summed E-state index contributed by atoms with van der Waals surface area (Å²) in [5.41, 5.74) is 1.19. The van der Waals surface area contributed by atoms with Gasteiger partial charge < -0.3 is 20.1 Å². The maximum Gasteiger partial charge on any atom is 0.306 e. The molecule has 0 heterocycles. The van der Waals surface area contributed by atoms with Crippen LogP contribution in [0.15, 0.2) is 54.6 Å². The van der Waals surface area contributed by atoms with Gasteiger partial charge in [-0.3, -0.25) is 4.79 Å². The molecule has 0 bridgehead atoms. The van der Waals surface area contributed by atoms with Crippen LogP contribution in [0.5, 0.6) is 0 Å². The van der Waals surface area contributed by atoms with Gasteiger partial charge >= 0.3 is 5.97 Å². The smallest absolute Gasteiger partial charge is 0.306 e. The number of aryl methyl sites for hydroxylation is 1. The Labute approximate surface area is 186 Å². The molecule has 0 aliphatic heterocycles. The van der Waals surface area contributed by atoms with E-state index in [9.17, 15) is 20.1 Å². The number of rotatable bonds is 12. The van der Waals surface area contributed by atoms with Gasteiger partial charge in [-0.1, -0.05) is 54.6 Å². The molecule has 0 unspecified atom stereocenters. The van der Waals surface area contributed by atoms with E-state index in [-0.39, 0.29) is 23.9 Å². The topological polar surface area (TPSA) is 87.0 Å². The third-order valence-corrected chi connectivity index (χ3v) is 5.74. The monoisotopic (exact) mass is 430 g/mol. The zero-order valence-corrected chi connectivity index (χ0v) is 18.8. The molecule has 172 valence electrons. The van der Waals surface area contributed by atoms with E-state index in [0.717, 1.165) is 19.3 Å². The molecule has 1 aliphatic rings. The van der Waals surface area contributed by atoms with Crippen LogP contribution in [0.3, 0.4) is 0 Å². The molecule has 1 fully saturated rings. The fourth-order valence-electron chi connectivity index (χ4n) is 4.08. The summed E-state index contributed by atoms with van der Waals surface area (Å²) in [5.74, 6) is -0.421. The minimum atomic E-state index is -0.600. The first kappa shape index (κ1) is 25.3. The Morgan fingerprint density at radius 2 is 1.90 bits per heavy atom. The van der Waals surface area contributed by atoms with Crippen molar-refractivity contribution in [3.63, 3.8) is 0 Å². The molecule has 1 saturated carbocycles. The van der Waals surface area contributed by atoms with Crippen molar-refractivity contribution >= 4 is 5.97 Å². The van der Waals surface area contributed by atoms with Crippen LogP contribution in [0.2, 0.25) is 0 Å². The Hall–Kier alpha value is -1.95. The maximum atomic E-state index is 11.5. The Morgan fingerprint density at radius 3 is 2.61 bits per heavy atom. The number of carbonyl (C=O) groups is 1. The highest BCUT2D eigenvalue weighted by molar-refractivity contribution is 5.69. The lowest BCUT2D eigenvalue weighted by Gasteiger charge is -2.19. The van der Waals surface area contributed by atoms with Gasteiger partial charge in [0.05, 0.1) is 24.4 Å². The van der Waals surface area contributed by atoms with Gasteiger partial charge in [0.2, 0.25) is 0 Å². The predicted octanol–water partition coefficient (Wildman–Crippen LogP) is 3.96. The third-order valence-electron chi connectivity index (χ3n) is 5.74. The molecule has 1 aliphatic carbocycles. The quantitative estimate of drug-likeness (QED) is 0.265. The van der Waals surface area contributed by atoms with Gasteiger partial charge in [-0.25, -0.2) is 0 Å². The van der Waals surface area contributed by atoms with Crippen LogP contribution in [0, 0.1) is 11.8 Å². The normalized spacial score (nSPS) is 25.0. The molecular formula is C26H38O5. The average Bonchev–Trinajstić information content (AvgIpc) is 3.00. The number of esters is 1. The zero-order chi connectivity index (χ0) is 22.6. The first-order valence-electron chi connectivity index (χ1n) is 11.5. The van der Waals surface area contributed by atoms with Gasteiger partial charge in [0.15, 0.2) is 0 Å². The number of aliphatic hydroxyl groups excluding tert-OH is 3. The minimum Gasteiger partial charge on any atom is -0.463 e. The van der Waals surface area contributed by atoms with E-state index < -0.39 is 18.3 Å². The van der Waals surface area contributed by atoms with Crippen LogP contribution in [0.4, 0.5) is 0 Å². The maximum absolute atomic E-state index is 11.5. The second-order valence-electron chi connectivity index (χ2n) is 8.73. The van der Waals surface area contributed by atoms with Gasteiger partial charge in [0, 0.05) is 18.8 Å². The molecule has 0 saturated heterocycles. The zero-order valence-electron chi connectivity index (χ0n) is 18.8. The second kappa shape index (κ2) is 13.5. The number of aliphatic hydroxyl groups is 3. The van der Waals surface area contributed by atoms with Crippen molar-refractivity contribution in [2.24, 2.45) is 11.8 Å². The molecule has 5 nitrogen and oxygen atoms in total. The molecule has 0 aromatic heterocycles. The van der Waals surface area contributed by atoms with Gasteiger partial charge in [-0.15, -0.1) is 0 Å². The molecule has 31 heavy (non-hydrogen) atoms. The van der Waals surface area contributed by atoms with Crippen molar-refractivity contribution in [2.45, 2.75) is 83.2 Å². The lowest BCUT2D eigenvalue weighted by atomic mass is 9.89. The Kier molecular flexibility index (Phi) is 11.0. The molecule has 0 spiro atoms. The van der Waals surface area contributed by atoms with E-state index >= 15 is 0 Å². The van der Waals surface area contributed by atoms with E-state index in [4.69, 9.17) is 4.74 Å². The molecule has 1 aromatic rings. The van der Waals surface area contributed by atoms with Gasteiger partial charge in [0.1, 0.15) is 0 Å². The number of benzene rings is 1. The molecule has 3 N–H and O–H groups in total. The van der Waals surface area contributed by atoms with E-state index in [2.05, 4.69) is 0 Å². The summed E-state index contributed by atoms with van der Waals surface area (Å²) in [4.78, 5) is 11.5. The Balaban J connectivity index is 1.77. The van der Waals surface area contributed by atoms with Crippen molar-refractivity contribution in [1.29, 1.82) is 0 Å². The first-order chi connectivity index (χ1) is 14.9. The van der Waals surface area contributed by atoms with Crippen LogP contribution in [-0.4, -0.2) is 45.7 Å². The summed E-state index contributed by atoms with van der Waals surface area (Å²) < 4.78 is 5.11. The molecular weight excluding hydrogens is 392 g/mol. The number of allylic oxidation sites excluding steroid dienone is 2. The van der Waals surface area contributed by atoms with Crippen molar-refractivity contribution < 1.29 is 24.9 Å². The predicted molar refractivity (Wildman–Crippen MR) is 122 cm³/mol. The Morgan fingerprint density at radius 1 is 1.16 bits per heavy atom. The molecule has 0 radical (unpaired) electrons. The van der Waals surface area contributed by atoms with Gasteiger partial charge in [-0.05, 0) is 57.4 Å². The number of ether oxygens (including phenoxy) is 1. The highest BCUT2D eigenvalue weighted by atomic mass is 16.5. The minimum absolute atomic E-state index is 0.0743. The summed E-state index contributed by atoms with van der Waals surface area (Å²) in [7, 11) is 0. The van der Waals surface area contributed by atoms with E-state index in [1.807, 2.05) is 62.4 Å². The lowest BCUT2D eigenvalue weighted by Crippen LogP contribution is -2.20. The Bertz CT molecular complexity index is 697. The van der Waals surface area contributed by atoms with Crippen LogP contribution in [0.1, 0.15) is 57.9 Å². The average molecular weight is 431 g/mol. The summed E-state index contributed by atoms with van der Waals surface area (Å²) in [5, 5.41) is 31.0. The largest absolute Gasteiger partial charge is 0.463 e. The highest BCUT2D eigenvalue weighted by Gasteiger charge is 2.39. The fraction of sp³-hybridized carbons (Fsp3) is 0.577. The van der Waals surface area contributed by atoms with E-state index in [0.29, 0.717) is 25.7 Å². The lowest BCUT2D eigenvalue weighted by molar-refractivity contribution is -0.147. The summed E-state index contributed by atoms with van der Waals surface area (Å²) in [6.45, 7) is 3.68. The van der Waals surface area contributed by atoms with E-state index in [1.54, 1.807) is 6.08 Å². The van der Waals surface area contributed by atoms with Crippen molar-refractivity contribution in [3.8, 4) is 0 Å². The number of hydrogen-bond donors (Lipinski definition) is 3. The summed E-state index contributed by atoms with van der Waals surface area (Å²) in [6, 6.07) is 10.0. The third kappa shape index (κ3) is 9.38. The fourth-order valence-corrected chi connectivity index (χ4v) is 4.08. The molecule has 1 aromatic carbocycles. The van der Waals surface area contributed by atoms with Crippen LogP contribution in [0.25, 0.3) is 0 Å². The number of hydrogen-bond acceptors (Lipinski definition) is 5. The van der Waals surface area contributed by atoms with Crippen LogP contribution >= 0.6 is 0 Å². The first-order valence-corrected chi connectivity index (χ1v) is 11.5. The van der Waals surface area contributed by atoms with Crippen LogP contribution < -0.4 is 0 Å². The van der Waals surface area contributed by atoms with Crippen molar-refractivity contribution in [3.05, 3.63) is 60.2 Å². The van der Waals surface area contributed by atoms with Crippen molar-refractivity contribution in [2.75, 3.05) is 0 Å². The molecule has 5 heteroatoms. The summed E-state index contributed by atoms with van der Waals surface area (Å²) >= 11 is 0. The number of unbranched alkanes of at least 4 members (excludes halogenated alkanes) is 1. The standard InChI is InChI=1S/C26H38O5/c1-19(2)31-26(30)13-9-4-3-8-12-22-23(25(29)18-24(22)28)17-16-21(27)15-14-20-10-6-5-7-11-20/h3,5-8,10-11,16-17,19,21-25,27-29H,4,9,12-15,18H2,1-2H3/b8-3+,17-16?/t21-,22-,23-,24+,25-/m1/s1. The molecule has 5 atom stereocenters. The second-order valence-corrected chi connectivity index (χ2v) is 8.73. The van der Waals surface area contributed by atoms with Gasteiger partial charge in [-0.2, -0.15) is 0 Å². The van der Waals surface area contributed by atoms with Gasteiger partial charge in [0.25, 0.3) is 0 Å². The number of carbonyl (C=O) groups excluding carboxylic acids is 1. The van der Waals surface area contributed by atoms with Crippen molar-refractivity contribution in [1.82, 2.24) is 0 Å². The highest BCUT2D eigenvalue weighted by Crippen LogP contribution is 2.36. The van der Waals surface area contributed by atoms with Crippen LogP contribution in [-0.2, 0) is 16.0 Å².